The molecule has 2 aromatic carbocycles. The van der Waals surface area contributed by atoms with Crippen molar-refractivity contribution in [2.75, 3.05) is 6.61 Å². The van der Waals surface area contributed by atoms with E-state index in [0.29, 0.717) is 12.8 Å². The van der Waals surface area contributed by atoms with Gasteiger partial charge in [-0.15, -0.1) is 0 Å². The molecule has 1 saturated carbocycles. The van der Waals surface area contributed by atoms with Gasteiger partial charge in [-0.05, 0) is 53.9 Å². The van der Waals surface area contributed by atoms with Crippen molar-refractivity contribution in [3.63, 3.8) is 0 Å². The van der Waals surface area contributed by atoms with Gasteiger partial charge in [0, 0.05) is 18.4 Å². The fraction of sp³-hybridized carbons (Fsp3) is 0.464. The Morgan fingerprint density at radius 2 is 1.63 bits per heavy atom. The van der Waals surface area contributed by atoms with Crippen molar-refractivity contribution in [2.24, 2.45) is 5.92 Å². The lowest BCUT2D eigenvalue weighted by molar-refractivity contribution is -0.141. The van der Waals surface area contributed by atoms with Crippen LogP contribution in [-0.2, 0) is 14.3 Å². The molecule has 3 N–H and O–H groups in total. The number of benzene rings is 2. The zero-order valence-corrected chi connectivity index (χ0v) is 20.2. The number of nitrogens with one attached hydrogen (secondary N) is 2. The molecule has 35 heavy (non-hydrogen) atoms. The number of carbonyl (C=O) groups excluding carboxylic acids is 2. The molecule has 4 rings (SSSR count). The molecule has 7 nitrogen and oxygen atoms in total. The zero-order chi connectivity index (χ0) is 24.8. The number of hydrogen-bond donors (Lipinski definition) is 3. The van der Waals surface area contributed by atoms with Crippen LogP contribution in [0.4, 0.5) is 4.79 Å². The number of amides is 2. The van der Waals surface area contributed by atoms with Crippen LogP contribution in [-0.4, -0.2) is 41.8 Å². The van der Waals surface area contributed by atoms with Crippen LogP contribution in [0.15, 0.2) is 48.5 Å². The Kier molecular flexibility index (Phi) is 8.06. The molecule has 7 heteroatoms. The number of carbonyl (C=O) groups is 3. The van der Waals surface area contributed by atoms with Crippen molar-refractivity contribution in [3.05, 3.63) is 59.7 Å². The normalized spacial score (nSPS) is 19.8. The topological polar surface area (TPSA) is 105 Å². The SMILES string of the molecule is CC[C@@H](NC(=O)CCC1CCCCC1NC(=O)OCC1c2ccccc2-c2ccccc21)C(=O)O. The predicted octanol–water partition coefficient (Wildman–Crippen LogP) is 4.84. The van der Waals surface area contributed by atoms with Crippen LogP contribution < -0.4 is 10.6 Å². The van der Waals surface area contributed by atoms with Crippen molar-refractivity contribution >= 4 is 18.0 Å². The summed E-state index contributed by atoms with van der Waals surface area (Å²) in [6, 6.07) is 15.6. The van der Waals surface area contributed by atoms with Crippen LogP contribution in [0.5, 0.6) is 0 Å². The minimum atomic E-state index is -1.02. The Labute approximate surface area is 206 Å². The first-order valence-electron chi connectivity index (χ1n) is 12.6. The minimum Gasteiger partial charge on any atom is -0.480 e. The number of fused-ring (bicyclic) bond motifs is 3. The zero-order valence-electron chi connectivity index (χ0n) is 20.2. The smallest absolute Gasteiger partial charge is 0.407 e. The number of ether oxygens (including phenoxy) is 1. The highest BCUT2D eigenvalue weighted by Crippen LogP contribution is 2.44. The first kappa shape index (κ1) is 24.8. The second-order valence-electron chi connectivity index (χ2n) is 9.53. The maximum atomic E-state index is 12.8. The van der Waals surface area contributed by atoms with Crippen LogP contribution in [0, 0.1) is 5.92 Å². The molecule has 2 unspecified atom stereocenters. The highest BCUT2D eigenvalue weighted by Gasteiger charge is 2.31. The molecule has 0 heterocycles. The third kappa shape index (κ3) is 5.84. The molecular weight excluding hydrogens is 444 g/mol. The first-order valence-corrected chi connectivity index (χ1v) is 12.6. The van der Waals surface area contributed by atoms with Crippen molar-refractivity contribution in [3.8, 4) is 11.1 Å². The van der Waals surface area contributed by atoms with Crippen LogP contribution in [0.1, 0.15) is 68.9 Å². The van der Waals surface area contributed by atoms with E-state index in [-0.39, 0.29) is 36.8 Å². The minimum absolute atomic E-state index is 0.0137. The van der Waals surface area contributed by atoms with Gasteiger partial charge in [0.15, 0.2) is 0 Å². The molecule has 3 atom stereocenters. The first-order chi connectivity index (χ1) is 17.0. The van der Waals surface area contributed by atoms with Crippen molar-refractivity contribution < 1.29 is 24.2 Å². The van der Waals surface area contributed by atoms with Gasteiger partial charge in [0.2, 0.25) is 5.91 Å². The summed E-state index contributed by atoms with van der Waals surface area (Å²) in [5.41, 5.74) is 4.73. The van der Waals surface area contributed by atoms with Crippen molar-refractivity contribution in [1.29, 1.82) is 0 Å². The summed E-state index contributed by atoms with van der Waals surface area (Å²) in [6.07, 6.45) is 4.63. The van der Waals surface area contributed by atoms with Crippen LogP contribution in [0.25, 0.3) is 11.1 Å². The lowest BCUT2D eigenvalue weighted by Gasteiger charge is -2.32. The maximum Gasteiger partial charge on any atom is 0.407 e. The van der Waals surface area contributed by atoms with E-state index in [1.807, 2.05) is 24.3 Å². The van der Waals surface area contributed by atoms with Gasteiger partial charge < -0.3 is 20.5 Å². The molecule has 0 saturated heterocycles. The fourth-order valence-corrected chi connectivity index (χ4v) is 5.46. The lowest BCUT2D eigenvalue weighted by Crippen LogP contribution is -2.44. The van der Waals surface area contributed by atoms with E-state index in [9.17, 15) is 14.4 Å². The molecule has 186 valence electrons. The third-order valence-electron chi connectivity index (χ3n) is 7.34. The van der Waals surface area contributed by atoms with Gasteiger partial charge in [0.25, 0.3) is 0 Å². The van der Waals surface area contributed by atoms with Gasteiger partial charge in [-0.1, -0.05) is 68.3 Å². The molecular formula is C28H34N2O5. The molecule has 0 radical (unpaired) electrons. The maximum absolute atomic E-state index is 12.8. The molecule has 2 aliphatic rings. The molecule has 2 aliphatic carbocycles. The van der Waals surface area contributed by atoms with Gasteiger partial charge in [0.1, 0.15) is 12.6 Å². The summed E-state index contributed by atoms with van der Waals surface area (Å²) in [5, 5.41) is 14.8. The third-order valence-corrected chi connectivity index (χ3v) is 7.34. The Hall–Kier alpha value is -3.35. The summed E-state index contributed by atoms with van der Waals surface area (Å²) < 4.78 is 5.72. The van der Waals surface area contributed by atoms with E-state index in [1.54, 1.807) is 6.92 Å². The quantitative estimate of drug-likeness (QED) is 0.478. The fourth-order valence-electron chi connectivity index (χ4n) is 5.46. The van der Waals surface area contributed by atoms with Gasteiger partial charge in [-0.25, -0.2) is 9.59 Å². The molecule has 0 spiro atoms. The van der Waals surface area contributed by atoms with Gasteiger partial charge >= 0.3 is 12.1 Å². The van der Waals surface area contributed by atoms with E-state index in [1.165, 1.54) is 22.3 Å². The monoisotopic (exact) mass is 478 g/mol. The van der Waals surface area contributed by atoms with E-state index in [2.05, 4.69) is 34.9 Å². The average Bonchev–Trinajstić information content (AvgIpc) is 3.19. The number of alkyl carbamates (subject to hydrolysis) is 1. The van der Waals surface area contributed by atoms with Crippen LogP contribution >= 0.6 is 0 Å². The summed E-state index contributed by atoms with van der Waals surface area (Å²) in [7, 11) is 0. The molecule has 0 aromatic heterocycles. The van der Waals surface area contributed by atoms with Gasteiger partial charge in [0.05, 0.1) is 0 Å². The predicted molar refractivity (Wildman–Crippen MR) is 133 cm³/mol. The van der Waals surface area contributed by atoms with Crippen molar-refractivity contribution in [2.45, 2.75) is 69.9 Å². The van der Waals surface area contributed by atoms with Gasteiger partial charge in [-0.3, -0.25) is 4.79 Å². The highest BCUT2D eigenvalue weighted by molar-refractivity contribution is 5.83. The number of aliphatic carboxylic acids is 1. The van der Waals surface area contributed by atoms with Gasteiger partial charge in [-0.2, -0.15) is 0 Å². The molecule has 2 amide bonds. The second-order valence-corrected chi connectivity index (χ2v) is 9.53. The van der Waals surface area contributed by atoms with Crippen molar-refractivity contribution in [1.82, 2.24) is 10.6 Å². The van der Waals surface area contributed by atoms with E-state index < -0.39 is 18.1 Å². The molecule has 0 aliphatic heterocycles. The number of hydrogen-bond acceptors (Lipinski definition) is 4. The Morgan fingerprint density at radius 1 is 1.00 bits per heavy atom. The number of carboxylic acid groups (broad SMARTS) is 1. The lowest BCUT2D eigenvalue weighted by atomic mass is 9.81. The Bertz CT molecular complexity index is 1020. The van der Waals surface area contributed by atoms with E-state index in [0.717, 1.165) is 25.7 Å². The Morgan fingerprint density at radius 3 is 2.26 bits per heavy atom. The number of carboxylic acids is 1. The summed E-state index contributed by atoms with van der Waals surface area (Å²) in [4.78, 5) is 36.2. The summed E-state index contributed by atoms with van der Waals surface area (Å²) in [6.45, 7) is 2.00. The van der Waals surface area contributed by atoms with Crippen LogP contribution in [0.2, 0.25) is 0 Å². The standard InChI is InChI=1S/C28H34N2O5/c1-2-24(27(32)33)29-26(31)16-15-18-9-3-8-14-25(18)30-28(34)35-17-23-21-12-6-4-10-19(21)20-11-5-7-13-22(20)23/h4-7,10-13,18,23-25H,2-3,8-9,14-17H2,1H3,(H,29,31)(H,30,34)(H,32,33)/t18?,24-,25?/m1/s1. The van der Waals surface area contributed by atoms with Crippen LogP contribution in [0.3, 0.4) is 0 Å². The largest absolute Gasteiger partial charge is 0.480 e. The average molecular weight is 479 g/mol. The molecule has 2 aromatic rings. The molecule has 0 bridgehead atoms. The van der Waals surface area contributed by atoms with E-state index >= 15 is 0 Å². The van der Waals surface area contributed by atoms with E-state index in [4.69, 9.17) is 9.84 Å². The summed E-state index contributed by atoms with van der Waals surface area (Å²) in [5.74, 6) is -1.10. The Balaban J connectivity index is 1.31. The molecule has 1 fully saturated rings. The summed E-state index contributed by atoms with van der Waals surface area (Å²) >= 11 is 0. The highest BCUT2D eigenvalue weighted by atomic mass is 16.5. The number of rotatable bonds is 9. The second kappa shape index (κ2) is 11.4.